The van der Waals surface area contributed by atoms with Gasteiger partial charge in [0.1, 0.15) is 5.54 Å². The normalized spacial score (nSPS) is 19.7. The number of imide groups is 1. The van der Waals surface area contributed by atoms with Gasteiger partial charge in [0.05, 0.1) is 12.1 Å². The fraction of sp³-hybridized carbons (Fsp3) is 0.182. The van der Waals surface area contributed by atoms with Crippen LogP contribution in [0.4, 0.5) is 18.0 Å². The molecule has 0 spiro atoms. The van der Waals surface area contributed by atoms with E-state index in [-0.39, 0.29) is 5.56 Å². The fourth-order valence-electron chi connectivity index (χ4n) is 3.64. The summed E-state index contributed by atoms with van der Waals surface area (Å²) in [5, 5.41) is 4.52. The molecule has 1 aliphatic heterocycles. The smallest absolute Gasteiger partial charge is 0.319 e. The van der Waals surface area contributed by atoms with Crippen LogP contribution in [0.1, 0.15) is 23.6 Å². The summed E-state index contributed by atoms with van der Waals surface area (Å²) in [4.78, 5) is 26.4. The molecular weight excluding hydrogens is 381 g/mol. The van der Waals surface area contributed by atoms with E-state index in [2.05, 4.69) is 5.32 Å². The van der Waals surface area contributed by atoms with E-state index in [0.29, 0.717) is 5.56 Å². The van der Waals surface area contributed by atoms with E-state index < -0.39 is 35.8 Å². The maximum Gasteiger partial charge on any atom is 0.416 e. The molecule has 0 aromatic heterocycles. The molecule has 4 rings (SSSR count). The van der Waals surface area contributed by atoms with Crippen LogP contribution in [0.5, 0.6) is 0 Å². The highest BCUT2D eigenvalue weighted by Gasteiger charge is 2.49. The van der Waals surface area contributed by atoms with Crippen molar-refractivity contribution in [2.24, 2.45) is 0 Å². The van der Waals surface area contributed by atoms with Crippen molar-refractivity contribution in [2.75, 3.05) is 0 Å². The van der Waals surface area contributed by atoms with E-state index in [1.807, 2.05) is 30.3 Å². The van der Waals surface area contributed by atoms with Gasteiger partial charge in [-0.05, 0) is 41.0 Å². The predicted molar refractivity (Wildman–Crippen MR) is 102 cm³/mol. The average Bonchev–Trinajstić information content (AvgIpc) is 2.91. The van der Waals surface area contributed by atoms with E-state index in [4.69, 9.17) is 0 Å². The molecule has 0 radical (unpaired) electrons. The molecular formula is C22H17F3N2O2. The first-order chi connectivity index (χ1) is 13.7. The first-order valence-electron chi connectivity index (χ1n) is 8.98. The number of hydrogen-bond acceptors (Lipinski definition) is 2. The molecule has 0 saturated carbocycles. The standard InChI is InChI=1S/C22H17F3N2O2/c1-21(17-11-10-14-6-2-3-7-15(14)12-17)19(28)27(20(29)26-21)13-16-8-4-5-9-18(16)22(23,24)25/h2-12H,13H2,1H3,(H,26,29)/t21-/m1/s1. The Morgan fingerprint density at radius 2 is 1.59 bits per heavy atom. The Balaban J connectivity index is 1.69. The summed E-state index contributed by atoms with van der Waals surface area (Å²) in [6.45, 7) is 1.11. The maximum absolute atomic E-state index is 13.3. The van der Waals surface area contributed by atoms with Gasteiger partial charge in [0.2, 0.25) is 0 Å². The number of carbonyl (C=O) groups is 2. The van der Waals surface area contributed by atoms with Gasteiger partial charge in [-0.15, -0.1) is 0 Å². The Morgan fingerprint density at radius 1 is 0.931 bits per heavy atom. The van der Waals surface area contributed by atoms with Gasteiger partial charge in [-0.25, -0.2) is 4.79 Å². The molecule has 4 nitrogen and oxygen atoms in total. The number of rotatable bonds is 3. The molecule has 0 unspecified atom stereocenters. The second-order valence-corrected chi connectivity index (χ2v) is 7.16. The van der Waals surface area contributed by atoms with E-state index >= 15 is 0 Å². The van der Waals surface area contributed by atoms with Crippen LogP contribution in [-0.2, 0) is 23.1 Å². The van der Waals surface area contributed by atoms with Crippen LogP contribution in [-0.4, -0.2) is 16.8 Å². The van der Waals surface area contributed by atoms with Crippen LogP contribution in [0.2, 0.25) is 0 Å². The van der Waals surface area contributed by atoms with Gasteiger partial charge >= 0.3 is 12.2 Å². The van der Waals surface area contributed by atoms with E-state index in [1.165, 1.54) is 18.2 Å². The number of carbonyl (C=O) groups excluding carboxylic acids is 2. The minimum Gasteiger partial charge on any atom is -0.319 e. The molecule has 1 N–H and O–H groups in total. The summed E-state index contributed by atoms with van der Waals surface area (Å²) in [5.41, 5.74) is -1.78. The number of urea groups is 1. The molecule has 7 heteroatoms. The molecule has 0 aliphatic carbocycles. The fourth-order valence-corrected chi connectivity index (χ4v) is 3.64. The van der Waals surface area contributed by atoms with Crippen molar-refractivity contribution in [1.29, 1.82) is 0 Å². The van der Waals surface area contributed by atoms with Crippen LogP contribution in [0, 0.1) is 0 Å². The SMILES string of the molecule is C[C@]1(c2ccc3ccccc3c2)NC(=O)N(Cc2ccccc2C(F)(F)F)C1=O. The molecule has 1 heterocycles. The lowest BCUT2D eigenvalue weighted by molar-refractivity contribution is -0.139. The second kappa shape index (κ2) is 6.62. The van der Waals surface area contributed by atoms with Crippen LogP contribution in [0.15, 0.2) is 66.7 Å². The topological polar surface area (TPSA) is 49.4 Å². The van der Waals surface area contributed by atoms with Crippen LogP contribution >= 0.6 is 0 Å². The van der Waals surface area contributed by atoms with Gasteiger partial charge in [-0.3, -0.25) is 9.69 Å². The highest BCUT2D eigenvalue weighted by molar-refractivity contribution is 6.07. The molecule has 0 bridgehead atoms. The van der Waals surface area contributed by atoms with Gasteiger partial charge in [-0.1, -0.05) is 54.6 Å². The summed E-state index contributed by atoms with van der Waals surface area (Å²) < 4.78 is 39.8. The van der Waals surface area contributed by atoms with Crippen molar-refractivity contribution >= 4 is 22.7 Å². The average molecular weight is 398 g/mol. The van der Waals surface area contributed by atoms with E-state index in [0.717, 1.165) is 21.7 Å². The zero-order valence-electron chi connectivity index (χ0n) is 15.5. The predicted octanol–water partition coefficient (Wildman–Crippen LogP) is 4.83. The van der Waals surface area contributed by atoms with Crippen LogP contribution < -0.4 is 5.32 Å². The largest absolute Gasteiger partial charge is 0.416 e. The highest BCUT2D eigenvalue weighted by Crippen LogP contribution is 2.35. The third-order valence-electron chi connectivity index (χ3n) is 5.25. The Hall–Kier alpha value is -3.35. The molecule has 3 aromatic rings. The molecule has 148 valence electrons. The first kappa shape index (κ1) is 19.0. The molecule has 3 amide bonds. The lowest BCUT2D eigenvalue weighted by Crippen LogP contribution is -2.40. The molecule has 29 heavy (non-hydrogen) atoms. The van der Waals surface area contributed by atoms with Gasteiger partial charge < -0.3 is 5.32 Å². The second-order valence-electron chi connectivity index (χ2n) is 7.16. The number of benzene rings is 3. The molecule has 1 saturated heterocycles. The zero-order valence-corrected chi connectivity index (χ0v) is 15.5. The summed E-state index contributed by atoms with van der Waals surface area (Å²) in [6.07, 6.45) is -4.57. The Bertz CT molecular complexity index is 1130. The van der Waals surface area contributed by atoms with E-state index in [1.54, 1.807) is 19.1 Å². The van der Waals surface area contributed by atoms with Crippen molar-refractivity contribution in [1.82, 2.24) is 10.2 Å². The first-order valence-corrected chi connectivity index (χ1v) is 8.98. The molecule has 1 aliphatic rings. The van der Waals surface area contributed by atoms with Crippen molar-refractivity contribution in [3.05, 3.63) is 83.4 Å². The third kappa shape index (κ3) is 3.22. The van der Waals surface area contributed by atoms with Gasteiger partial charge in [0.15, 0.2) is 0 Å². The minimum absolute atomic E-state index is 0.133. The number of amides is 3. The van der Waals surface area contributed by atoms with Crippen molar-refractivity contribution < 1.29 is 22.8 Å². The van der Waals surface area contributed by atoms with Gasteiger partial charge in [0, 0.05) is 0 Å². The van der Waals surface area contributed by atoms with Crippen LogP contribution in [0.3, 0.4) is 0 Å². The van der Waals surface area contributed by atoms with E-state index in [9.17, 15) is 22.8 Å². The minimum atomic E-state index is -4.57. The zero-order chi connectivity index (χ0) is 20.8. The van der Waals surface area contributed by atoms with Crippen LogP contribution in [0.25, 0.3) is 10.8 Å². The molecule has 1 atom stereocenters. The monoisotopic (exact) mass is 398 g/mol. The Labute approximate surface area is 164 Å². The number of fused-ring (bicyclic) bond motifs is 1. The maximum atomic E-state index is 13.3. The number of halogens is 3. The number of nitrogens with one attached hydrogen (secondary N) is 1. The Morgan fingerprint density at radius 3 is 2.31 bits per heavy atom. The van der Waals surface area contributed by atoms with Crippen molar-refractivity contribution in [3.8, 4) is 0 Å². The van der Waals surface area contributed by atoms with Crippen molar-refractivity contribution in [2.45, 2.75) is 25.2 Å². The lowest BCUT2D eigenvalue weighted by atomic mass is 9.90. The molecule has 1 fully saturated rings. The number of alkyl halides is 3. The highest BCUT2D eigenvalue weighted by atomic mass is 19.4. The van der Waals surface area contributed by atoms with Gasteiger partial charge in [0.25, 0.3) is 5.91 Å². The third-order valence-corrected chi connectivity index (χ3v) is 5.25. The quantitative estimate of drug-likeness (QED) is 0.643. The number of hydrogen-bond donors (Lipinski definition) is 1. The Kier molecular flexibility index (Phi) is 4.33. The summed E-state index contributed by atoms with van der Waals surface area (Å²) in [7, 11) is 0. The molecule has 3 aromatic carbocycles. The number of nitrogens with zero attached hydrogens (tertiary/aromatic N) is 1. The summed E-state index contributed by atoms with van der Waals surface area (Å²) in [6, 6.07) is 17.2. The summed E-state index contributed by atoms with van der Waals surface area (Å²) in [5.74, 6) is -0.588. The summed E-state index contributed by atoms with van der Waals surface area (Å²) >= 11 is 0. The van der Waals surface area contributed by atoms with Gasteiger partial charge in [-0.2, -0.15) is 13.2 Å². The van der Waals surface area contributed by atoms with Crippen molar-refractivity contribution in [3.63, 3.8) is 0 Å². The lowest BCUT2D eigenvalue weighted by Gasteiger charge is -2.23.